The molecule has 0 spiro atoms. The zero-order valence-corrected chi connectivity index (χ0v) is 19.8. The molecule has 0 radical (unpaired) electrons. The lowest BCUT2D eigenvalue weighted by molar-refractivity contribution is -0.116. The molecule has 1 aromatic heterocycles. The molecule has 0 aliphatic carbocycles. The number of allylic oxidation sites excluding steroid dienone is 1. The standard InChI is InChI=1S/C23H21Cl2N5O2S/c1-2-12-30-20(14-26-21(31)11-10-16-6-3-4-9-19(16)25)28-29-23(30)33-15-22(32)27-18-8-5-7-17(24)13-18/h2-11,13H,1,12,14-15H2,(H,26,31)(H,27,32). The maximum atomic E-state index is 12.3. The Bertz CT molecular complexity index is 1180. The van der Waals surface area contributed by atoms with E-state index in [1.807, 2.05) is 18.2 Å². The van der Waals surface area contributed by atoms with Gasteiger partial charge < -0.3 is 15.2 Å². The molecule has 0 unspecified atom stereocenters. The summed E-state index contributed by atoms with van der Waals surface area (Å²) in [6, 6.07) is 14.2. The molecule has 0 aliphatic rings. The Kier molecular flexibility index (Phi) is 9.12. The van der Waals surface area contributed by atoms with E-state index in [0.717, 1.165) is 5.56 Å². The Morgan fingerprint density at radius 3 is 2.70 bits per heavy atom. The van der Waals surface area contributed by atoms with Crippen LogP contribution in [0.1, 0.15) is 11.4 Å². The fraction of sp³-hybridized carbons (Fsp3) is 0.130. The number of halogens is 2. The normalized spacial score (nSPS) is 10.8. The molecule has 2 amide bonds. The van der Waals surface area contributed by atoms with Crippen molar-refractivity contribution in [1.29, 1.82) is 0 Å². The van der Waals surface area contributed by atoms with Crippen molar-refractivity contribution in [1.82, 2.24) is 20.1 Å². The SMILES string of the molecule is C=CCn1c(CNC(=O)C=Cc2ccccc2Cl)nnc1SCC(=O)Nc1cccc(Cl)c1. The van der Waals surface area contributed by atoms with Crippen molar-refractivity contribution in [3.8, 4) is 0 Å². The van der Waals surface area contributed by atoms with Crippen LogP contribution >= 0.6 is 35.0 Å². The van der Waals surface area contributed by atoms with Gasteiger partial charge in [-0.3, -0.25) is 9.59 Å². The summed E-state index contributed by atoms with van der Waals surface area (Å²) in [5.74, 6) is 0.189. The highest BCUT2D eigenvalue weighted by Crippen LogP contribution is 2.19. The summed E-state index contributed by atoms with van der Waals surface area (Å²) in [6.07, 6.45) is 4.75. The molecule has 2 aromatic carbocycles. The first kappa shape index (κ1) is 24.6. The molecule has 3 rings (SSSR count). The Balaban J connectivity index is 1.57. The third-order valence-electron chi connectivity index (χ3n) is 4.29. The smallest absolute Gasteiger partial charge is 0.244 e. The van der Waals surface area contributed by atoms with Crippen LogP contribution in [0.15, 0.2) is 72.4 Å². The van der Waals surface area contributed by atoms with Gasteiger partial charge in [0.05, 0.1) is 12.3 Å². The van der Waals surface area contributed by atoms with E-state index in [-0.39, 0.29) is 24.1 Å². The van der Waals surface area contributed by atoms with Crippen LogP contribution in [-0.4, -0.2) is 32.3 Å². The van der Waals surface area contributed by atoms with Gasteiger partial charge in [-0.25, -0.2) is 0 Å². The lowest BCUT2D eigenvalue weighted by Gasteiger charge is -2.08. The minimum absolute atomic E-state index is 0.134. The molecule has 1 heterocycles. The number of hydrogen-bond acceptors (Lipinski definition) is 5. The predicted molar refractivity (Wildman–Crippen MR) is 133 cm³/mol. The number of carbonyl (C=O) groups is 2. The van der Waals surface area contributed by atoms with Crippen LogP contribution in [0.3, 0.4) is 0 Å². The van der Waals surface area contributed by atoms with Crippen LogP contribution in [0.4, 0.5) is 5.69 Å². The third kappa shape index (κ3) is 7.49. The van der Waals surface area contributed by atoms with Crippen LogP contribution in [0, 0.1) is 0 Å². The molecule has 170 valence electrons. The molecule has 10 heteroatoms. The maximum absolute atomic E-state index is 12.3. The molecule has 0 saturated carbocycles. The number of aromatic nitrogens is 3. The minimum Gasteiger partial charge on any atom is -0.345 e. The van der Waals surface area contributed by atoms with Crippen molar-refractivity contribution >= 4 is 58.5 Å². The predicted octanol–water partition coefficient (Wildman–Crippen LogP) is 4.83. The van der Waals surface area contributed by atoms with Crippen LogP contribution in [0.2, 0.25) is 10.0 Å². The quantitative estimate of drug-likeness (QED) is 0.236. The monoisotopic (exact) mass is 501 g/mol. The highest BCUT2D eigenvalue weighted by Gasteiger charge is 2.14. The molecular formula is C23H21Cl2N5O2S. The lowest BCUT2D eigenvalue weighted by Crippen LogP contribution is -2.23. The van der Waals surface area contributed by atoms with Gasteiger partial charge in [0.15, 0.2) is 11.0 Å². The number of nitrogens with zero attached hydrogens (tertiary/aromatic N) is 3. The second kappa shape index (κ2) is 12.2. The summed E-state index contributed by atoms with van der Waals surface area (Å²) >= 11 is 13.3. The van der Waals surface area contributed by atoms with Gasteiger partial charge in [0, 0.05) is 28.4 Å². The fourth-order valence-corrected chi connectivity index (χ4v) is 3.92. The van der Waals surface area contributed by atoms with Gasteiger partial charge in [0.25, 0.3) is 0 Å². The number of rotatable bonds is 10. The second-order valence-electron chi connectivity index (χ2n) is 6.72. The molecule has 0 saturated heterocycles. The van der Waals surface area contributed by atoms with E-state index in [2.05, 4.69) is 27.4 Å². The zero-order valence-electron chi connectivity index (χ0n) is 17.5. The summed E-state index contributed by atoms with van der Waals surface area (Å²) in [4.78, 5) is 24.5. The summed E-state index contributed by atoms with van der Waals surface area (Å²) < 4.78 is 1.79. The average molecular weight is 502 g/mol. The van der Waals surface area contributed by atoms with E-state index in [1.54, 1.807) is 47.1 Å². The van der Waals surface area contributed by atoms with E-state index in [4.69, 9.17) is 23.2 Å². The number of carbonyl (C=O) groups excluding carboxylic acids is 2. The van der Waals surface area contributed by atoms with E-state index < -0.39 is 0 Å². The first-order valence-corrected chi connectivity index (χ1v) is 11.6. The first-order valence-electron chi connectivity index (χ1n) is 9.88. The van der Waals surface area contributed by atoms with Crippen molar-refractivity contribution in [3.05, 3.63) is 88.7 Å². The molecule has 0 aliphatic heterocycles. The van der Waals surface area contributed by atoms with Crippen molar-refractivity contribution in [2.75, 3.05) is 11.1 Å². The molecule has 0 atom stereocenters. The van der Waals surface area contributed by atoms with Gasteiger partial charge in [-0.1, -0.05) is 65.3 Å². The lowest BCUT2D eigenvalue weighted by atomic mass is 10.2. The summed E-state index contributed by atoms with van der Waals surface area (Å²) in [5, 5.41) is 15.5. The van der Waals surface area contributed by atoms with Crippen LogP contribution in [-0.2, 0) is 22.7 Å². The highest BCUT2D eigenvalue weighted by atomic mass is 35.5. The molecule has 3 aromatic rings. The minimum atomic E-state index is -0.293. The second-order valence-corrected chi connectivity index (χ2v) is 8.50. The molecule has 33 heavy (non-hydrogen) atoms. The topological polar surface area (TPSA) is 88.9 Å². The van der Waals surface area contributed by atoms with E-state index in [9.17, 15) is 9.59 Å². The average Bonchev–Trinajstić information content (AvgIpc) is 3.17. The van der Waals surface area contributed by atoms with Crippen LogP contribution in [0.25, 0.3) is 6.08 Å². The number of anilines is 1. The van der Waals surface area contributed by atoms with Crippen LogP contribution < -0.4 is 10.6 Å². The summed E-state index contributed by atoms with van der Waals surface area (Å²) in [5.41, 5.74) is 1.37. The third-order valence-corrected chi connectivity index (χ3v) is 5.83. The van der Waals surface area contributed by atoms with Crippen molar-refractivity contribution < 1.29 is 9.59 Å². The Hall–Kier alpha value is -3.07. The largest absolute Gasteiger partial charge is 0.345 e. The first-order chi connectivity index (χ1) is 16.0. The van der Waals surface area contributed by atoms with Crippen molar-refractivity contribution in [2.24, 2.45) is 0 Å². The number of amides is 2. The maximum Gasteiger partial charge on any atom is 0.244 e. The fourth-order valence-electron chi connectivity index (χ4n) is 2.76. The van der Waals surface area contributed by atoms with E-state index in [1.165, 1.54) is 17.8 Å². The number of benzene rings is 2. The molecule has 2 N–H and O–H groups in total. The highest BCUT2D eigenvalue weighted by molar-refractivity contribution is 7.99. The number of nitrogens with one attached hydrogen (secondary N) is 2. The van der Waals surface area contributed by atoms with Gasteiger partial charge in [0.1, 0.15) is 0 Å². The Morgan fingerprint density at radius 1 is 1.12 bits per heavy atom. The summed E-state index contributed by atoms with van der Waals surface area (Å²) in [7, 11) is 0. The molecular weight excluding hydrogens is 481 g/mol. The molecule has 0 fully saturated rings. The molecule has 7 nitrogen and oxygen atoms in total. The number of thioether (sulfide) groups is 1. The number of hydrogen-bond donors (Lipinski definition) is 2. The zero-order chi connectivity index (χ0) is 23.6. The van der Waals surface area contributed by atoms with Gasteiger partial charge in [-0.2, -0.15) is 0 Å². The Labute approximate surface area is 205 Å². The van der Waals surface area contributed by atoms with Gasteiger partial charge in [-0.15, -0.1) is 16.8 Å². The van der Waals surface area contributed by atoms with Crippen molar-refractivity contribution in [2.45, 2.75) is 18.2 Å². The van der Waals surface area contributed by atoms with E-state index in [0.29, 0.717) is 33.3 Å². The Morgan fingerprint density at radius 2 is 1.94 bits per heavy atom. The van der Waals surface area contributed by atoms with Gasteiger partial charge in [-0.05, 0) is 35.9 Å². The summed E-state index contributed by atoms with van der Waals surface area (Å²) in [6.45, 7) is 4.36. The van der Waals surface area contributed by atoms with Crippen LogP contribution in [0.5, 0.6) is 0 Å². The van der Waals surface area contributed by atoms with E-state index >= 15 is 0 Å². The van der Waals surface area contributed by atoms with Gasteiger partial charge in [0.2, 0.25) is 11.8 Å². The van der Waals surface area contributed by atoms with Gasteiger partial charge >= 0.3 is 0 Å². The van der Waals surface area contributed by atoms with Crippen molar-refractivity contribution in [3.63, 3.8) is 0 Å². The molecule has 0 bridgehead atoms.